The molecule has 0 aromatic heterocycles. The normalized spacial score (nSPS) is 18.9. The summed E-state index contributed by atoms with van der Waals surface area (Å²) in [7, 11) is 2.14. The number of carbonyl (C=O) groups is 2. The van der Waals surface area contributed by atoms with E-state index in [1.54, 1.807) is 0 Å². The first-order valence-electron chi connectivity index (χ1n) is 6.87. The molecule has 0 aliphatic carbocycles. The highest BCUT2D eigenvalue weighted by atomic mass is 32.1. The molecule has 1 atom stereocenters. The Labute approximate surface area is 120 Å². The Balaban J connectivity index is 2.20. The van der Waals surface area contributed by atoms with Crippen molar-refractivity contribution in [1.82, 2.24) is 15.5 Å². The summed E-state index contributed by atoms with van der Waals surface area (Å²) in [5.41, 5.74) is 0. The summed E-state index contributed by atoms with van der Waals surface area (Å²) < 4.78 is 0. The van der Waals surface area contributed by atoms with Crippen LogP contribution in [0.4, 0.5) is 0 Å². The third-order valence-corrected chi connectivity index (χ3v) is 3.93. The number of thiol groups is 1. The summed E-state index contributed by atoms with van der Waals surface area (Å²) in [5, 5.41) is 5.47. The monoisotopic (exact) mass is 287 g/mol. The van der Waals surface area contributed by atoms with Crippen LogP contribution < -0.4 is 10.6 Å². The molecule has 1 aliphatic rings. The first-order chi connectivity index (χ1) is 9.02. The molecule has 0 spiro atoms. The van der Waals surface area contributed by atoms with Gasteiger partial charge in [-0.3, -0.25) is 9.59 Å². The molecule has 0 radical (unpaired) electrons. The van der Waals surface area contributed by atoms with E-state index in [4.69, 9.17) is 0 Å². The quantitative estimate of drug-likeness (QED) is 0.615. The number of carbonyl (C=O) groups excluding carboxylic acids is 2. The molecule has 19 heavy (non-hydrogen) atoms. The van der Waals surface area contributed by atoms with Crippen LogP contribution in [0, 0.1) is 5.92 Å². The number of amides is 2. The largest absolute Gasteiger partial charge is 0.354 e. The Morgan fingerprint density at radius 3 is 2.53 bits per heavy atom. The van der Waals surface area contributed by atoms with Crippen molar-refractivity contribution < 1.29 is 9.59 Å². The third-order valence-electron chi connectivity index (χ3n) is 3.57. The second-order valence-electron chi connectivity index (χ2n) is 5.26. The Morgan fingerprint density at radius 2 is 2.00 bits per heavy atom. The number of hydrogen-bond donors (Lipinski definition) is 3. The highest BCUT2D eigenvalue weighted by Gasteiger charge is 2.19. The average Bonchev–Trinajstić information content (AvgIpc) is 2.38. The molecule has 1 saturated heterocycles. The highest BCUT2D eigenvalue weighted by Crippen LogP contribution is 2.18. The summed E-state index contributed by atoms with van der Waals surface area (Å²) in [4.78, 5) is 25.1. The van der Waals surface area contributed by atoms with Crippen molar-refractivity contribution in [3.63, 3.8) is 0 Å². The van der Waals surface area contributed by atoms with Crippen molar-refractivity contribution in [3.8, 4) is 0 Å². The number of likely N-dealkylation sites (tertiary alicyclic amines) is 1. The minimum absolute atomic E-state index is 0.141. The molecule has 1 fully saturated rings. The lowest BCUT2D eigenvalue weighted by Crippen LogP contribution is -2.47. The second kappa shape index (κ2) is 8.43. The van der Waals surface area contributed by atoms with Crippen LogP contribution in [0.5, 0.6) is 0 Å². The molecular weight excluding hydrogens is 262 g/mol. The number of piperidine rings is 1. The van der Waals surface area contributed by atoms with Crippen LogP contribution in [-0.4, -0.2) is 55.2 Å². The van der Waals surface area contributed by atoms with Gasteiger partial charge in [0.2, 0.25) is 11.8 Å². The highest BCUT2D eigenvalue weighted by molar-refractivity contribution is 7.80. The number of nitrogens with zero attached hydrogens (tertiary/aromatic N) is 1. The summed E-state index contributed by atoms with van der Waals surface area (Å²) in [5.74, 6) is 0.675. The molecule has 6 heteroatoms. The van der Waals surface area contributed by atoms with Crippen LogP contribution in [0.15, 0.2) is 0 Å². The van der Waals surface area contributed by atoms with Gasteiger partial charge in [0.25, 0.3) is 0 Å². The Bertz CT molecular complexity index is 304. The maximum absolute atomic E-state index is 11.8. The topological polar surface area (TPSA) is 61.4 Å². The van der Waals surface area contributed by atoms with Crippen LogP contribution in [0.2, 0.25) is 0 Å². The van der Waals surface area contributed by atoms with Crippen LogP contribution in [0.3, 0.4) is 0 Å². The number of hydrogen-bond acceptors (Lipinski definition) is 4. The zero-order valence-electron chi connectivity index (χ0n) is 11.8. The minimum atomic E-state index is -0.529. The van der Waals surface area contributed by atoms with Crippen molar-refractivity contribution in [1.29, 1.82) is 0 Å². The molecule has 2 amide bonds. The molecule has 5 nitrogen and oxygen atoms in total. The van der Waals surface area contributed by atoms with Crippen molar-refractivity contribution in [2.24, 2.45) is 5.92 Å². The van der Waals surface area contributed by atoms with Gasteiger partial charge in [0.1, 0.15) is 6.04 Å². The van der Waals surface area contributed by atoms with Gasteiger partial charge in [-0.1, -0.05) is 0 Å². The van der Waals surface area contributed by atoms with Gasteiger partial charge in [0, 0.05) is 19.2 Å². The van der Waals surface area contributed by atoms with Gasteiger partial charge in [-0.15, -0.1) is 0 Å². The van der Waals surface area contributed by atoms with Crippen LogP contribution >= 0.6 is 12.6 Å². The van der Waals surface area contributed by atoms with E-state index in [0.29, 0.717) is 18.2 Å². The molecule has 0 aromatic rings. The van der Waals surface area contributed by atoms with Gasteiger partial charge in [0.05, 0.1) is 0 Å². The predicted molar refractivity (Wildman–Crippen MR) is 79.3 cm³/mol. The van der Waals surface area contributed by atoms with E-state index in [0.717, 1.165) is 19.5 Å². The summed E-state index contributed by atoms with van der Waals surface area (Å²) in [6, 6.07) is -0.529. The number of rotatable bonds is 6. The lowest BCUT2D eigenvalue weighted by Gasteiger charge is -2.29. The smallest absolute Gasteiger partial charge is 0.243 e. The molecule has 0 aromatic carbocycles. The van der Waals surface area contributed by atoms with Crippen molar-refractivity contribution in [3.05, 3.63) is 0 Å². The van der Waals surface area contributed by atoms with Gasteiger partial charge >= 0.3 is 0 Å². The van der Waals surface area contributed by atoms with Gasteiger partial charge in [-0.25, -0.2) is 0 Å². The second-order valence-corrected chi connectivity index (χ2v) is 5.63. The molecular formula is C13H25N3O2S. The maximum atomic E-state index is 11.8. The molecule has 1 heterocycles. The van der Waals surface area contributed by atoms with Crippen molar-refractivity contribution in [2.75, 3.05) is 32.4 Å². The zero-order chi connectivity index (χ0) is 14.3. The maximum Gasteiger partial charge on any atom is 0.243 e. The standard InChI is InChI=1S/C13H25N3O2S/c1-10(17)15-12(9-19)13(18)14-6-3-11-4-7-16(2)8-5-11/h11-12,19H,3-9H2,1-2H3,(H,14,18)(H,15,17). The fourth-order valence-corrected chi connectivity index (χ4v) is 2.57. The minimum Gasteiger partial charge on any atom is -0.354 e. The van der Waals surface area contributed by atoms with Gasteiger partial charge in [0.15, 0.2) is 0 Å². The SMILES string of the molecule is CC(=O)NC(CS)C(=O)NCCC1CCN(C)CC1. The summed E-state index contributed by atoms with van der Waals surface area (Å²) in [6.45, 7) is 4.37. The third kappa shape index (κ3) is 6.29. The lowest BCUT2D eigenvalue weighted by atomic mass is 9.94. The fraction of sp³-hybridized carbons (Fsp3) is 0.846. The molecule has 1 rings (SSSR count). The van der Waals surface area contributed by atoms with Gasteiger partial charge < -0.3 is 15.5 Å². The van der Waals surface area contributed by atoms with Crippen LogP contribution in [-0.2, 0) is 9.59 Å². The van der Waals surface area contributed by atoms with Crippen molar-refractivity contribution in [2.45, 2.75) is 32.2 Å². The van der Waals surface area contributed by atoms with Crippen LogP contribution in [0.25, 0.3) is 0 Å². The van der Waals surface area contributed by atoms with E-state index < -0.39 is 6.04 Å². The molecule has 1 unspecified atom stereocenters. The molecule has 2 N–H and O–H groups in total. The van der Waals surface area contributed by atoms with Gasteiger partial charge in [-0.05, 0) is 45.3 Å². The zero-order valence-corrected chi connectivity index (χ0v) is 12.7. The van der Waals surface area contributed by atoms with E-state index >= 15 is 0 Å². The van der Waals surface area contributed by atoms with E-state index in [-0.39, 0.29) is 11.8 Å². The molecule has 0 saturated carbocycles. The average molecular weight is 287 g/mol. The lowest BCUT2D eigenvalue weighted by molar-refractivity contribution is -0.127. The molecule has 110 valence electrons. The summed E-state index contributed by atoms with van der Waals surface area (Å²) in [6.07, 6.45) is 3.42. The molecule has 0 bridgehead atoms. The Morgan fingerprint density at radius 1 is 1.37 bits per heavy atom. The fourth-order valence-electron chi connectivity index (χ4n) is 2.31. The Hall–Kier alpha value is -0.750. The van der Waals surface area contributed by atoms with Crippen LogP contribution in [0.1, 0.15) is 26.2 Å². The predicted octanol–water partition coefficient (Wildman–Crippen LogP) is 0.269. The first-order valence-corrected chi connectivity index (χ1v) is 7.50. The van der Waals surface area contributed by atoms with E-state index in [9.17, 15) is 9.59 Å². The van der Waals surface area contributed by atoms with E-state index in [2.05, 4.69) is 35.2 Å². The summed E-state index contributed by atoms with van der Waals surface area (Å²) >= 11 is 4.08. The van der Waals surface area contributed by atoms with Gasteiger partial charge in [-0.2, -0.15) is 12.6 Å². The van der Waals surface area contributed by atoms with Crippen molar-refractivity contribution >= 4 is 24.4 Å². The number of nitrogens with one attached hydrogen (secondary N) is 2. The van der Waals surface area contributed by atoms with E-state index in [1.165, 1.54) is 19.8 Å². The van der Waals surface area contributed by atoms with E-state index in [1.807, 2.05) is 0 Å². The molecule has 1 aliphatic heterocycles. The Kier molecular flexibility index (Phi) is 7.23. The first kappa shape index (κ1) is 16.3.